The Labute approximate surface area is 102 Å². The molecule has 17 heavy (non-hydrogen) atoms. The number of para-hydroxylation sites is 1. The van der Waals surface area contributed by atoms with Crippen LogP contribution in [0.5, 0.6) is 0 Å². The number of aliphatic hydroxyl groups excluding tert-OH is 1. The average molecular weight is 236 g/mol. The number of urea groups is 1. The minimum Gasteiger partial charge on any atom is -0.394 e. The second kappa shape index (κ2) is 6.25. The van der Waals surface area contributed by atoms with E-state index in [1.807, 2.05) is 44.2 Å². The van der Waals surface area contributed by atoms with Crippen molar-refractivity contribution in [1.82, 2.24) is 5.32 Å². The zero-order valence-electron chi connectivity index (χ0n) is 10.4. The van der Waals surface area contributed by atoms with E-state index in [4.69, 9.17) is 0 Å². The number of carbonyl (C=O) groups is 1. The third kappa shape index (κ3) is 4.44. The van der Waals surface area contributed by atoms with Gasteiger partial charge in [-0.2, -0.15) is 0 Å². The third-order valence-corrected chi connectivity index (χ3v) is 2.60. The first kappa shape index (κ1) is 13.5. The van der Waals surface area contributed by atoms with Crippen molar-refractivity contribution in [2.75, 3.05) is 11.9 Å². The van der Waals surface area contributed by atoms with Gasteiger partial charge in [0.2, 0.25) is 0 Å². The first-order valence-corrected chi connectivity index (χ1v) is 5.85. The summed E-state index contributed by atoms with van der Waals surface area (Å²) in [6, 6.07) is 8.93. The van der Waals surface area contributed by atoms with Gasteiger partial charge in [0.05, 0.1) is 12.1 Å². The molecule has 0 heterocycles. The van der Waals surface area contributed by atoms with Crippen molar-refractivity contribution in [3.05, 3.63) is 30.3 Å². The first-order chi connectivity index (χ1) is 8.09. The van der Waals surface area contributed by atoms with Crippen LogP contribution in [-0.4, -0.2) is 23.3 Å². The molecule has 0 aliphatic heterocycles. The van der Waals surface area contributed by atoms with E-state index >= 15 is 0 Å². The molecule has 1 rings (SSSR count). The van der Waals surface area contributed by atoms with E-state index in [9.17, 15) is 9.90 Å². The van der Waals surface area contributed by atoms with E-state index in [1.165, 1.54) is 0 Å². The lowest BCUT2D eigenvalue weighted by Crippen LogP contribution is -2.50. The van der Waals surface area contributed by atoms with Crippen LogP contribution in [0.1, 0.15) is 26.7 Å². The van der Waals surface area contributed by atoms with Crippen LogP contribution in [0.2, 0.25) is 0 Å². The van der Waals surface area contributed by atoms with Gasteiger partial charge in [-0.25, -0.2) is 4.79 Å². The Bertz CT molecular complexity index is 354. The Kier molecular flexibility index (Phi) is 4.97. The van der Waals surface area contributed by atoms with Gasteiger partial charge >= 0.3 is 6.03 Å². The Morgan fingerprint density at radius 3 is 2.53 bits per heavy atom. The third-order valence-electron chi connectivity index (χ3n) is 2.60. The normalized spacial score (nSPS) is 13.8. The van der Waals surface area contributed by atoms with Gasteiger partial charge < -0.3 is 15.7 Å². The molecule has 1 aromatic carbocycles. The molecule has 3 N–H and O–H groups in total. The summed E-state index contributed by atoms with van der Waals surface area (Å²) >= 11 is 0. The minimum atomic E-state index is -0.562. The van der Waals surface area contributed by atoms with Crippen LogP contribution in [0.15, 0.2) is 30.3 Å². The summed E-state index contributed by atoms with van der Waals surface area (Å²) in [5, 5.41) is 14.8. The van der Waals surface area contributed by atoms with Crippen LogP contribution < -0.4 is 10.6 Å². The smallest absolute Gasteiger partial charge is 0.319 e. The second-order valence-electron chi connectivity index (χ2n) is 4.41. The molecule has 0 aliphatic carbocycles. The van der Waals surface area contributed by atoms with Gasteiger partial charge in [-0.05, 0) is 25.5 Å². The highest BCUT2D eigenvalue weighted by Crippen LogP contribution is 2.12. The molecule has 1 aromatic rings. The predicted molar refractivity (Wildman–Crippen MR) is 69.0 cm³/mol. The molecule has 0 fully saturated rings. The van der Waals surface area contributed by atoms with Gasteiger partial charge in [-0.15, -0.1) is 0 Å². The summed E-state index contributed by atoms with van der Waals surface area (Å²) in [5.74, 6) is 0. The van der Waals surface area contributed by atoms with Gasteiger partial charge in [0.15, 0.2) is 0 Å². The van der Waals surface area contributed by atoms with Crippen molar-refractivity contribution < 1.29 is 9.90 Å². The Balaban J connectivity index is 2.54. The monoisotopic (exact) mass is 236 g/mol. The molecular formula is C13H20N2O2. The van der Waals surface area contributed by atoms with Crippen molar-refractivity contribution in [3.63, 3.8) is 0 Å². The fourth-order valence-electron chi connectivity index (χ4n) is 1.69. The van der Waals surface area contributed by atoms with Gasteiger partial charge in [-0.3, -0.25) is 0 Å². The minimum absolute atomic E-state index is 0.0664. The van der Waals surface area contributed by atoms with Crippen LogP contribution in [0.25, 0.3) is 0 Å². The topological polar surface area (TPSA) is 61.4 Å². The van der Waals surface area contributed by atoms with Crippen LogP contribution in [0.3, 0.4) is 0 Å². The largest absolute Gasteiger partial charge is 0.394 e. The highest BCUT2D eigenvalue weighted by atomic mass is 16.3. The van der Waals surface area contributed by atoms with Crippen LogP contribution in [-0.2, 0) is 0 Å². The van der Waals surface area contributed by atoms with Crippen molar-refractivity contribution in [2.24, 2.45) is 0 Å². The van der Waals surface area contributed by atoms with Crippen molar-refractivity contribution in [3.8, 4) is 0 Å². The number of aliphatic hydroxyl groups is 1. The lowest BCUT2D eigenvalue weighted by molar-refractivity contribution is 0.167. The maximum atomic E-state index is 11.7. The van der Waals surface area contributed by atoms with E-state index in [0.29, 0.717) is 0 Å². The van der Waals surface area contributed by atoms with E-state index in [0.717, 1.165) is 18.5 Å². The molecule has 0 radical (unpaired) electrons. The molecule has 4 nitrogen and oxygen atoms in total. The number of carbonyl (C=O) groups excluding carboxylic acids is 1. The van der Waals surface area contributed by atoms with Crippen LogP contribution in [0, 0.1) is 0 Å². The number of hydrogen-bond acceptors (Lipinski definition) is 2. The molecule has 0 aromatic heterocycles. The SMILES string of the molecule is CCCC(C)(CO)NC(=O)Nc1ccccc1. The maximum Gasteiger partial charge on any atom is 0.319 e. The summed E-state index contributed by atoms with van der Waals surface area (Å²) in [6.45, 7) is 3.79. The zero-order chi connectivity index (χ0) is 12.7. The van der Waals surface area contributed by atoms with Crippen LogP contribution in [0.4, 0.5) is 10.5 Å². The highest BCUT2D eigenvalue weighted by Gasteiger charge is 2.24. The molecule has 0 spiro atoms. The fraction of sp³-hybridized carbons (Fsp3) is 0.462. The van der Waals surface area contributed by atoms with Gasteiger partial charge in [0, 0.05) is 5.69 Å². The molecule has 0 saturated heterocycles. The molecule has 2 amide bonds. The molecule has 1 atom stereocenters. The Hall–Kier alpha value is -1.55. The van der Waals surface area contributed by atoms with Gasteiger partial charge in [-0.1, -0.05) is 31.5 Å². The standard InChI is InChI=1S/C13H20N2O2/c1-3-9-13(2,10-16)15-12(17)14-11-7-5-4-6-8-11/h4-8,16H,3,9-10H2,1-2H3,(H2,14,15,17). The Morgan fingerprint density at radius 1 is 1.35 bits per heavy atom. The Morgan fingerprint density at radius 2 is 2.00 bits per heavy atom. The van der Waals surface area contributed by atoms with Crippen LogP contribution >= 0.6 is 0 Å². The molecule has 0 aliphatic rings. The van der Waals surface area contributed by atoms with E-state index in [-0.39, 0.29) is 12.6 Å². The zero-order valence-corrected chi connectivity index (χ0v) is 10.4. The molecule has 0 saturated carbocycles. The van der Waals surface area contributed by atoms with E-state index in [2.05, 4.69) is 10.6 Å². The number of rotatable bonds is 5. The van der Waals surface area contributed by atoms with Crippen molar-refractivity contribution >= 4 is 11.7 Å². The van der Waals surface area contributed by atoms with E-state index < -0.39 is 5.54 Å². The summed E-state index contributed by atoms with van der Waals surface area (Å²) in [6.07, 6.45) is 1.65. The molecule has 4 heteroatoms. The predicted octanol–water partition coefficient (Wildman–Crippen LogP) is 2.36. The maximum absolute atomic E-state index is 11.7. The van der Waals surface area contributed by atoms with Gasteiger partial charge in [0.1, 0.15) is 0 Å². The summed E-state index contributed by atoms with van der Waals surface area (Å²) in [7, 11) is 0. The molecule has 94 valence electrons. The number of anilines is 1. The lowest BCUT2D eigenvalue weighted by atomic mass is 9.98. The number of nitrogens with one attached hydrogen (secondary N) is 2. The molecule has 0 bridgehead atoms. The number of benzene rings is 1. The lowest BCUT2D eigenvalue weighted by Gasteiger charge is -2.28. The van der Waals surface area contributed by atoms with Crippen molar-refractivity contribution in [2.45, 2.75) is 32.2 Å². The molecular weight excluding hydrogens is 216 g/mol. The summed E-state index contributed by atoms with van der Waals surface area (Å²) in [5.41, 5.74) is 0.176. The number of amides is 2. The van der Waals surface area contributed by atoms with Crippen molar-refractivity contribution in [1.29, 1.82) is 0 Å². The fourth-order valence-corrected chi connectivity index (χ4v) is 1.69. The highest BCUT2D eigenvalue weighted by molar-refractivity contribution is 5.89. The quantitative estimate of drug-likeness (QED) is 0.735. The average Bonchev–Trinajstić information content (AvgIpc) is 2.30. The van der Waals surface area contributed by atoms with E-state index in [1.54, 1.807) is 0 Å². The van der Waals surface area contributed by atoms with Gasteiger partial charge in [0.25, 0.3) is 0 Å². The molecule has 1 unspecified atom stereocenters. The number of hydrogen-bond donors (Lipinski definition) is 3. The summed E-state index contributed by atoms with van der Waals surface area (Å²) in [4.78, 5) is 11.7. The summed E-state index contributed by atoms with van der Waals surface area (Å²) < 4.78 is 0. The first-order valence-electron chi connectivity index (χ1n) is 5.85. The second-order valence-corrected chi connectivity index (χ2v) is 4.41.